The minimum absolute atomic E-state index is 0.149. The van der Waals surface area contributed by atoms with Gasteiger partial charge in [0.15, 0.2) is 5.82 Å². The van der Waals surface area contributed by atoms with E-state index < -0.39 is 11.7 Å². The molecule has 0 aromatic carbocycles. The van der Waals surface area contributed by atoms with Crippen LogP contribution in [0, 0.1) is 0 Å². The SMILES string of the molecule is CC[C@H](NC(=O)OC(C)(C)C)c1noc(CCl)n1. The Morgan fingerprint density at radius 2 is 2.22 bits per heavy atom. The molecule has 1 N–H and O–H groups in total. The Kier molecular flexibility index (Phi) is 4.95. The molecule has 0 unspecified atom stereocenters. The summed E-state index contributed by atoms with van der Waals surface area (Å²) in [6.45, 7) is 7.30. The number of nitrogens with one attached hydrogen (secondary N) is 1. The van der Waals surface area contributed by atoms with Gasteiger partial charge in [0.2, 0.25) is 5.89 Å². The average Bonchev–Trinajstić information content (AvgIpc) is 2.71. The summed E-state index contributed by atoms with van der Waals surface area (Å²) in [7, 11) is 0. The number of carbonyl (C=O) groups is 1. The predicted octanol–water partition coefficient (Wildman–Crippen LogP) is 2.78. The first kappa shape index (κ1) is 14.8. The Labute approximate surface area is 111 Å². The minimum Gasteiger partial charge on any atom is -0.444 e. The Morgan fingerprint density at radius 1 is 1.56 bits per heavy atom. The Morgan fingerprint density at radius 3 is 2.67 bits per heavy atom. The normalized spacial score (nSPS) is 13.2. The lowest BCUT2D eigenvalue weighted by Gasteiger charge is -2.21. The maximum Gasteiger partial charge on any atom is 0.408 e. The molecule has 102 valence electrons. The summed E-state index contributed by atoms with van der Waals surface area (Å²) in [5.41, 5.74) is -0.541. The van der Waals surface area contributed by atoms with Crippen molar-refractivity contribution in [2.75, 3.05) is 0 Å². The van der Waals surface area contributed by atoms with E-state index in [9.17, 15) is 4.79 Å². The van der Waals surface area contributed by atoms with Gasteiger partial charge in [0.1, 0.15) is 11.5 Å². The zero-order chi connectivity index (χ0) is 13.8. The lowest BCUT2D eigenvalue weighted by molar-refractivity contribution is 0.0499. The van der Waals surface area contributed by atoms with Crippen molar-refractivity contribution in [3.8, 4) is 0 Å². The second-order valence-electron chi connectivity index (χ2n) is 4.79. The number of aromatic nitrogens is 2. The third-order valence-electron chi connectivity index (χ3n) is 2.01. The standard InChI is InChI=1S/C11H18ClN3O3/c1-5-7(9-14-8(6-12)18-15-9)13-10(16)17-11(2,3)4/h7H,5-6H2,1-4H3,(H,13,16)/t7-/m0/s1. The second kappa shape index (κ2) is 6.04. The molecule has 0 fully saturated rings. The molecule has 1 heterocycles. The van der Waals surface area contributed by atoms with E-state index in [2.05, 4.69) is 15.5 Å². The van der Waals surface area contributed by atoms with Crippen LogP contribution in [-0.2, 0) is 10.6 Å². The lowest BCUT2D eigenvalue weighted by atomic mass is 10.2. The van der Waals surface area contributed by atoms with Gasteiger partial charge in [-0.1, -0.05) is 12.1 Å². The molecule has 0 bridgehead atoms. The minimum atomic E-state index is -0.541. The van der Waals surface area contributed by atoms with Gasteiger partial charge in [-0.15, -0.1) is 11.6 Å². The topological polar surface area (TPSA) is 77.2 Å². The summed E-state index contributed by atoms with van der Waals surface area (Å²) in [6.07, 6.45) is 0.118. The largest absolute Gasteiger partial charge is 0.444 e. The number of nitrogens with zero attached hydrogens (tertiary/aromatic N) is 2. The van der Waals surface area contributed by atoms with Gasteiger partial charge in [-0.05, 0) is 27.2 Å². The fourth-order valence-electron chi connectivity index (χ4n) is 1.26. The smallest absolute Gasteiger partial charge is 0.408 e. The van der Waals surface area contributed by atoms with Gasteiger partial charge in [0.05, 0.1) is 6.04 Å². The van der Waals surface area contributed by atoms with Crippen LogP contribution in [0.2, 0.25) is 0 Å². The van der Waals surface area contributed by atoms with Gasteiger partial charge >= 0.3 is 6.09 Å². The summed E-state index contributed by atoms with van der Waals surface area (Å²) in [6, 6.07) is -0.347. The summed E-state index contributed by atoms with van der Waals surface area (Å²) in [5, 5.41) is 6.45. The van der Waals surface area contributed by atoms with Crippen LogP contribution in [-0.4, -0.2) is 21.8 Å². The van der Waals surface area contributed by atoms with Crippen molar-refractivity contribution in [1.29, 1.82) is 0 Å². The summed E-state index contributed by atoms with van der Waals surface area (Å²) in [4.78, 5) is 15.7. The highest BCUT2D eigenvalue weighted by atomic mass is 35.5. The molecule has 0 radical (unpaired) electrons. The van der Waals surface area contributed by atoms with E-state index in [1.54, 1.807) is 20.8 Å². The van der Waals surface area contributed by atoms with E-state index in [1.165, 1.54) is 0 Å². The predicted molar refractivity (Wildman–Crippen MR) is 66.3 cm³/mol. The number of alkyl carbamates (subject to hydrolysis) is 1. The fraction of sp³-hybridized carbons (Fsp3) is 0.727. The van der Waals surface area contributed by atoms with Crippen molar-refractivity contribution in [3.05, 3.63) is 11.7 Å². The Hall–Kier alpha value is -1.30. The molecule has 0 aliphatic heterocycles. The van der Waals surface area contributed by atoms with E-state index in [0.29, 0.717) is 18.1 Å². The molecule has 6 nitrogen and oxygen atoms in total. The highest BCUT2D eigenvalue weighted by Gasteiger charge is 2.22. The van der Waals surface area contributed by atoms with Crippen molar-refractivity contribution in [2.24, 2.45) is 0 Å². The zero-order valence-electron chi connectivity index (χ0n) is 11.0. The molecule has 7 heteroatoms. The molecule has 0 spiro atoms. The second-order valence-corrected chi connectivity index (χ2v) is 5.05. The monoisotopic (exact) mass is 275 g/mol. The molecular formula is C11H18ClN3O3. The van der Waals surface area contributed by atoms with Crippen molar-refractivity contribution < 1.29 is 14.1 Å². The van der Waals surface area contributed by atoms with E-state index in [1.807, 2.05) is 6.92 Å². The number of halogens is 1. The van der Waals surface area contributed by atoms with Gasteiger partial charge in [-0.25, -0.2) is 4.79 Å². The van der Waals surface area contributed by atoms with Gasteiger partial charge in [-0.3, -0.25) is 0 Å². The van der Waals surface area contributed by atoms with Crippen LogP contribution in [0.4, 0.5) is 4.79 Å². The number of ether oxygens (including phenoxy) is 1. The fourth-order valence-corrected chi connectivity index (χ4v) is 1.37. The molecule has 1 atom stereocenters. The van der Waals surface area contributed by atoms with E-state index in [-0.39, 0.29) is 11.9 Å². The highest BCUT2D eigenvalue weighted by Crippen LogP contribution is 2.15. The van der Waals surface area contributed by atoms with Crippen molar-refractivity contribution >= 4 is 17.7 Å². The molecule has 18 heavy (non-hydrogen) atoms. The van der Waals surface area contributed by atoms with Crippen LogP contribution < -0.4 is 5.32 Å². The first-order valence-corrected chi connectivity index (χ1v) is 6.27. The quantitative estimate of drug-likeness (QED) is 0.855. The molecule has 0 aliphatic carbocycles. The van der Waals surface area contributed by atoms with Crippen molar-refractivity contribution in [2.45, 2.75) is 51.6 Å². The number of amides is 1. The third-order valence-corrected chi connectivity index (χ3v) is 2.24. The van der Waals surface area contributed by atoms with Crippen molar-refractivity contribution in [3.63, 3.8) is 0 Å². The molecule has 0 aliphatic rings. The summed E-state index contributed by atoms with van der Waals surface area (Å²) in [5.74, 6) is 0.880. The summed E-state index contributed by atoms with van der Waals surface area (Å²) < 4.78 is 10.1. The van der Waals surface area contributed by atoms with Crippen LogP contribution in [0.1, 0.15) is 51.9 Å². The third kappa shape index (κ3) is 4.52. The van der Waals surface area contributed by atoms with Crippen LogP contribution >= 0.6 is 11.6 Å². The number of rotatable bonds is 4. The lowest BCUT2D eigenvalue weighted by Crippen LogP contribution is -2.35. The van der Waals surface area contributed by atoms with Crippen molar-refractivity contribution in [1.82, 2.24) is 15.5 Å². The Bertz CT molecular complexity index is 400. The van der Waals surface area contributed by atoms with Crippen LogP contribution in [0.3, 0.4) is 0 Å². The van der Waals surface area contributed by atoms with Gasteiger partial charge in [0.25, 0.3) is 0 Å². The molecule has 0 saturated heterocycles. The first-order chi connectivity index (χ1) is 8.35. The molecule has 1 amide bonds. The van der Waals surface area contributed by atoms with Gasteiger partial charge < -0.3 is 14.6 Å². The van der Waals surface area contributed by atoms with Gasteiger partial charge in [-0.2, -0.15) is 4.98 Å². The Balaban J connectivity index is 2.64. The molecule has 1 aromatic heterocycles. The molecule has 0 saturated carbocycles. The van der Waals surface area contributed by atoms with Gasteiger partial charge in [0, 0.05) is 0 Å². The van der Waals surface area contributed by atoms with E-state index in [0.717, 1.165) is 0 Å². The highest BCUT2D eigenvalue weighted by molar-refractivity contribution is 6.16. The zero-order valence-corrected chi connectivity index (χ0v) is 11.7. The van der Waals surface area contributed by atoms with E-state index in [4.69, 9.17) is 20.9 Å². The van der Waals surface area contributed by atoms with E-state index >= 15 is 0 Å². The average molecular weight is 276 g/mol. The molecular weight excluding hydrogens is 258 g/mol. The molecule has 1 aromatic rings. The maximum atomic E-state index is 11.6. The first-order valence-electron chi connectivity index (χ1n) is 5.73. The number of alkyl halides is 1. The summed E-state index contributed by atoms with van der Waals surface area (Å²) >= 11 is 5.57. The molecule has 1 rings (SSSR count). The number of hydrogen-bond acceptors (Lipinski definition) is 5. The number of hydrogen-bond donors (Lipinski definition) is 1. The van der Waals surface area contributed by atoms with Crippen LogP contribution in [0.5, 0.6) is 0 Å². The maximum absolute atomic E-state index is 11.6. The number of carbonyl (C=O) groups excluding carboxylic acids is 1. The van der Waals surface area contributed by atoms with Crippen LogP contribution in [0.25, 0.3) is 0 Å². The van der Waals surface area contributed by atoms with Crippen LogP contribution in [0.15, 0.2) is 4.52 Å².